The van der Waals surface area contributed by atoms with E-state index in [4.69, 9.17) is 19.4 Å². The molecule has 14 heteroatoms. The van der Waals surface area contributed by atoms with Crippen molar-refractivity contribution in [1.29, 1.82) is 0 Å². The van der Waals surface area contributed by atoms with Crippen LogP contribution in [-0.2, 0) is 48.0 Å². The minimum atomic E-state index is -0.929. The normalized spacial score (nSPS) is 24.5. The fourth-order valence-corrected chi connectivity index (χ4v) is 9.98. The van der Waals surface area contributed by atoms with Crippen molar-refractivity contribution in [2.24, 2.45) is 11.3 Å². The molecule has 5 atom stereocenters. The smallest absolute Gasteiger partial charge is 0.324 e. The molecule has 57 heavy (non-hydrogen) atoms. The lowest BCUT2D eigenvalue weighted by atomic mass is 9.84. The Morgan fingerprint density at radius 3 is 2.81 bits per heavy atom. The molecule has 4 aliphatic heterocycles. The average molecular weight is 796 g/mol. The van der Waals surface area contributed by atoms with Crippen LogP contribution in [0.3, 0.4) is 0 Å². The van der Waals surface area contributed by atoms with E-state index in [-0.39, 0.29) is 42.9 Å². The van der Waals surface area contributed by atoms with E-state index in [9.17, 15) is 19.2 Å². The Morgan fingerprint density at radius 2 is 2.00 bits per heavy atom. The van der Waals surface area contributed by atoms with Gasteiger partial charge in [0.1, 0.15) is 12.1 Å². The van der Waals surface area contributed by atoms with E-state index in [1.165, 1.54) is 16.3 Å². The molecule has 1 aromatic carbocycles. The molecule has 0 spiro atoms. The van der Waals surface area contributed by atoms with Crippen molar-refractivity contribution < 1.29 is 28.7 Å². The van der Waals surface area contributed by atoms with Crippen LogP contribution < -0.4 is 10.7 Å². The zero-order chi connectivity index (χ0) is 40.0. The third-order valence-corrected chi connectivity index (χ3v) is 13.1. The van der Waals surface area contributed by atoms with Crippen molar-refractivity contribution in [3.05, 3.63) is 58.2 Å². The molecule has 7 heterocycles. The largest absolute Gasteiger partial charge is 0.464 e. The number of rotatable bonds is 6. The summed E-state index contributed by atoms with van der Waals surface area (Å²) in [6.45, 7) is 10.0. The number of nitrogens with one attached hydrogen (secondary N) is 2. The summed E-state index contributed by atoms with van der Waals surface area (Å²) >= 11 is 1.46. The van der Waals surface area contributed by atoms with Crippen LogP contribution >= 0.6 is 11.3 Å². The zero-order valence-corrected chi connectivity index (χ0v) is 34.3. The number of fused-ring (bicyclic) bond motifs is 7. The van der Waals surface area contributed by atoms with Gasteiger partial charge in [0.25, 0.3) is 5.91 Å². The minimum Gasteiger partial charge on any atom is -0.464 e. The summed E-state index contributed by atoms with van der Waals surface area (Å²) in [5.41, 5.74) is 9.53. The lowest BCUT2D eigenvalue weighted by molar-refractivity contribution is -0.155. The SMILES string of the molecule is CCn1c(-c2cccnc2[C@H](C)OC)c2c3cc(ccc31)-c1csc(n1)C[C@H](NC(=O)C1CC[C@@H]3CCC(=O)N3C1)C(=O)N1CCC[C@H](N1)C(=O)OCC(C)(C)C2. The van der Waals surface area contributed by atoms with E-state index in [1.807, 2.05) is 23.3 Å². The third-order valence-electron chi connectivity index (χ3n) is 12.2. The number of hydrazine groups is 1. The zero-order valence-electron chi connectivity index (χ0n) is 33.5. The molecule has 4 aliphatic rings. The lowest BCUT2D eigenvalue weighted by Gasteiger charge is -2.37. The molecule has 13 nitrogen and oxygen atoms in total. The molecule has 0 radical (unpaired) electrons. The second-order valence-corrected chi connectivity index (χ2v) is 17.7. The van der Waals surface area contributed by atoms with Crippen LogP contribution in [0.5, 0.6) is 0 Å². The first-order valence-corrected chi connectivity index (χ1v) is 21.2. The number of amides is 3. The molecular weight excluding hydrogens is 743 g/mol. The Morgan fingerprint density at radius 1 is 1.16 bits per heavy atom. The number of aryl methyl sites for hydroxylation is 1. The van der Waals surface area contributed by atoms with Crippen molar-refractivity contribution in [1.82, 2.24) is 35.2 Å². The molecule has 3 fully saturated rings. The number of cyclic esters (lactones) is 1. The van der Waals surface area contributed by atoms with Gasteiger partial charge in [-0.15, -0.1) is 11.3 Å². The number of pyridine rings is 1. The van der Waals surface area contributed by atoms with Crippen molar-refractivity contribution in [2.45, 2.75) is 110 Å². The van der Waals surface area contributed by atoms with Gasteiger partial charge in [0.15, 0.2) is 0 Å². The third kappa shape index (κ3) is 7.71. The first-order valence-electron chi connectivity index (χ1n) is 20.4. The van der Waals surface area contributed by atoms with Crippen molar-refractivity contribution >= 4 is 45.9 Å². The Kier molecular flexibility index (Phi) is 11.0. The van der Waals surface area contributed by atoms with Crippen molar-refractivity contribution in [3.63, 3.8) is 0 Å². The highest BCUT2D eigenvalue weighted by molar-refractivity contribution is 7.10. The quantitative estimate of drug-likeness (QED) is 0.238. The van der Waals surface area contributed by atoms with Gasteiger partial charge >= 0.3 is 5.97 Å². The molecule has 1 unspecified atom stereocenters. The van der Waals surface area contributed by atoms with E-state index in [2.05, 4.69) is 60.3 Å². The van der Waals surface area contributed by atoms with Crippen LogP contribution in [-0.4, -0.2) is 93.1 Å². The van der Waals surface area contributed by atoms with Gasteiger partial charge in [0.2, 0.25) is 11.8 Å². The Balaban J connectivity index is 1.19. The maximum atomic E-state index is 14.3. The van der Waals surface area contributed by atoms with Crippen molar-refractivity contribution in [2.75, 3.05) is 26.8 Å². The molecule has 4 aromatic rings. The number of esters is 1. The number of benzene rings is 1. The first-order chi connectivity index (χ1) is 27.4. The van der Waals surface area contributed by atoms with E-state index in [1.54, 1.807) is 13.3 Å². The lowest BCUT2D eigenvalue weighted by Crippen LogP contribution is -2.61. The molecule has 6 bridgehead atoms. The average Bonchev–Trinajstić information content (AvgIpc) is 3.93. The maximum Gasteiger partial charge on any atom is 0.324 e. The highest BCUT2D eigenvalue weighted by atomic mass is 32.1. The number of aromatic nitrogens is 3. The molecule has 0 aliphatic carbocycles. The standard InChI is InChI=1S/C43H53N7O6S/c1-6-48-35-15-12-26-19-30(35)31(39(48)29-9-7-17-44-38(29)25(2)55-5)21-43(3,4)24-56-42(54)32-10-8-18-50(47-32)41(53)33(20-36-45-34(26)23-57-36)46-40(52)27-11-13-28-14-16-37(51)49(28)22-27/h7,9,12,15,17,19,23,25,27-28,32-33,47H,6,8,10-11,13-14,16,18,20-22,24H2,1-5H3,(H,46,52)/t25-,27?,28+,32-,33-/m0/s1. The van der Waals surface area contributed by atoms with E-state index in [0.717, 1.165) is 64.1 Å². The van der Waals surface area contributed by atoms with Crippen LogP contribution in [0.15, 0.2) is 41.9 Å². The van der Waals surface area contributed by atoms with Crippen LogP contribution in [0.2, 0.25) is 0 Å². The minimum absolute atomic E-state index is 0.0919. The second-order valence-electron chi connectivity index (χ2n) is 16.8. The van der Waals surface area contributed by atoms with Crippen LogP contribution in [0, 0.1) is 11.3 Å². The predicted octanol–water partition coefficient (Wildman–Crippen LogP) is 5.60. The summed E-state index contributed by atoms with van der Waals surface area (Å²) in [5, 5.41) is 8.33. The fourth-order valence-electron chi connectivity index (χ4n) is 9.13. The number of methoxy groups -OCH3 is 1. The molecule has 3 saturated heterocycles. The monoisotopic (exact) mass is 795 g/mol. The Bertz CT molecular complexity index is 2200. The highest BCUT2D eigenvalue weighted by Crippen LogP contribution is 2.42. The summed E-state index contributed by atoms with van der Waals surface area (Å²) in [6.07, 6.45) is 6.26. The number of ether oxygens (including phenoxy) is 2. The first kappa shape index (κ1) is 39.2. The molecule has 302 valence electrons. The maximum absolute atomic E-state index is 14.3. The Hall–Kier alpha value is -4.66. The van der Waals surface area contributed by atoms with Gasteiger partial charge in [-0.2, -0.15) is 0 Å². The second kappa shape index (κ2) is 15.9. The predicted molar refractivity (Wildman–Crippen MR) is 217 cm³/mol. The molecule has 0 saturated carbocycles. The van der Waals surface area contributed by atoms with Crippen molar-refractivity contribution in [3.8, 4) is 22.5 Å². The molecule has 8 rings (SSSR count). The molecule has 3 aromatic heterocycles. The number of hydrogen-bond acceptors (Lipinski definition) is 10. The van der Waals surface area contributed by atoms with Gasteiger partial charge < -0.3 is 24.3 Å². The van der Waals surface area contributed by atoms with Crippen LogP contribution in [0.4, 0.5) is 0 Å². The van der Waals surface area contributed by atoms with Gasteiger partial charge in [-0.3, -0.25) is 29.2 Å². The highest BCUT2D eigenvalue weighted by Gasteiger charge is 2.41. The van der Waals surface area contributed by atoms with Gasteiger partial charge in [0.05, 0.1) is 40.7 Å². The van der Waals surface area contributed by atoms with Gasteiger partial charge in [-0.1, -0.05) is 19.9 Å². The molecular formula is C43H53N7O6S. The van der Waals surface area contributed by atoms with Gasteiger partial charge in [-0.25, -0.2) is 10.4 Å². The van der Waals surface area contributed by atoms with Crippen LogP contribution in [0.25, 0.3) is 33.4 Å². The topological polar surface area (TPSA) is 148 Å². The number of thiazole rings is 1. The number of carbonyl (C=O) groups excluding carboxylic acids is 4. The number of piperidine rings is 1. The summed E-state index contributed by atoms with van der Waals surface area (Å²) in [6, 6.07) is 9.05. The summed E-state index contributed by atoms with van der Waals surface area (Å²) in [4.78, 5) is 66.2. The molecule has 3 amide bonds. The van der Waals surface area contributed by atoms with Gasteiger partial charge in [-0.05, 0) is 82.2 Å². The van der Waals surface area contributed by atoms with Crippen LogP contribution in [0.1, 0.15) is 88.6 Å². The van der Waals surface area contributed by atoms with E-state index >= 15 is 0 Å². The van der Waals surface area contributed by atoms with E-state index in [0.29, 0.717) is 50.2 Å². The number of nitrogens with zero attached hydrogens (tertiary/aromatic N) is 5. The number of carbonyl (C=O) groups is 4. The summed E-state index contributed by atoms with van der Waals surface area (Å²) in [7, 11) is 1.69. The number of hydrogen-bond donors (Lipinski definition) is 2. The molecule has 2 N–H and O–H groups in total. The summed E-state index contributed by atoms with van der Waals surface area (Å²) in [5.74, 6) is -1.30. The summed E-state index contributed by atoms with van der Waals surface area (Å²) < 4.78 is 14.2. The fraction of sp³-hybridized carbons (Fsp3) is 0.535. The Labute approximate surface area is 337 Å². The van der Waals surface area contributed by atoms with E-state index < -0.39 is 29.4 Å². The van der Waals surface area contributed by atoms with Gasteiger partial charge in [0, 0.05) is 84.6 Å².